The number of carboxylic acids is 1. The lowest BCUT2D eigenvalue weighted by Crippen LogP contribution is -2.43. The second-order valence-corrected chi connectivity index (χ2v) is 5.13. The Morgan fingerprint density at radius 3 is 2.85 bits per heavy atom. The monoisotopic (exact) mass is 280 g/mol. The third-order valence-corrected chi connectivity index (χ3v) is 3.32. The Bertz CT molecular complexity index is 538. The zero-order valence-electron chi connectivity index (χ0n) is 11.1. The van der Waals surface area contributed by atoms with Gasteiger partial charge in [-0.2, -0.15) is 0 Å². The van der Waals surface area contributed by atoms with E-state index < -0.39 is 16.4 Å². The number of hydrogen-bond donors (Lipinski definition) is 2. The lowest BCUT2D eigenvalue weighted by Gasteiger charge is -2.35. The molecule has 1 fully saturated rings. The summed E-state index contributed by atoms with van der Waals surface area (Å²) in [6.07, 6.45) is 1.68. The van der Waals surface area contributed by atoms with Crippen LogP contribution in [0.5, 0.6) is 0 Å². The van der Waals surface area contributed by atoms with Gasteiger partial charge in [0, 0.05) is 18.7 Å². The number of nitro groups is 1. The summed E-state index contributed by atoms with van der Waals surface area (Å²) in [7, 11) is 0. The molecule has 1 unspecified atom stereocenters. The molecule has 1 saturated heterocycles. The van der Waals surface area contributed by atoms with Gasteiger partial charge in [0.25, 0.3) is 5.69 Å². The fourth-order valence-electron chi connectivity index (χ4n) is 2.29. The zero-order valence-corrected chi connectivity index (χ0v) is 11.1. The fraction of sp³-hybridized carbons (Fsp3) is 0.462. The van der Waals surface area contributed by atoms with E-state index >= 15 is 0 Å². The lowest BCUT2D eigenvalue weighted by molar-refractivity contribution is -0.384. The van der Waals surface area contributed by atoms with E-state index in [1.54, 1.807) is 0 Å². The summed E-state index contributed by atoms with van der Waals surface area (Å²) in [5.41, 5.74) is -0.294. The molecule has 0 spiro atoms. The number of nitro benzene ring substituents is 1. The summed E-state index contributed by atoms with van der Waals surface area (Å²) in [4.78, 5) is 21.5. The minimum absolute atomic E-state index is 0.0161. The van der Waals surface area contributed by atoms with Gasteiger partial charge in [-0.25, -0.2) is 4.79 Å². The SMILES string of the molecule is CC1(Nc2cc([N+](=O)[O-])ccc2C(=O)O)CCCOC1. The maximum atomic E-state index is 11.2. The number of non-ortho nitro benzene ring substituents is 1. The van der Waals surface area contributed by atoms with Crippen LogP contribution in [0, 0.1) is 10.1 Å². The highest BCUT2D eigenvalue weighted by Gasteiger charge is 2.29. The third kappa shape index (κ3) is 3.05. The van der Waals surface area contributed by atoms with Crippen molar-refractivity contribution in [3.05, 3.63) is 33.9 Å². The van der Waals surface area contributed by atoms with Crippen LogP contribution in [0.1, 0.15) is 30.1 Å². The average molecular weight is 280 g/mol. The molecule has 0 radical (unpaired) electrons. The van der Waals surface area contributed by atoms with Gasteiger partial charge in [-0.1, -0.05) is 0 Å². The van der Waals surface area contributed by atoms with Crippen LogP contribution in [0.4, 0.5) is 11.4 Å². The Morgan fingerprint density at radius 1 is 1.55 bits per heavy atom. The standard InChI is InChI=1S/C13H16N2O5/c1-13(5-2-6-20-8-13)14-11-7-9(15(18)19)3-4-10(11)12(16)17/h3-4,7,14H,2,5-6,8H2,1H3,(H,16,17). The van der Waals surface area contributed by atoms with E-state index in [4.69, 9.17) is 9.84 Å². The summed E-state index contributed by atoms with van der Waals surface area (Å²) in [5.74, 6) is -1.12. The first-order valence-corrected chi connectivity index (χ1v) is 6.29. The summed E-state index contributed by atoms with van der Waals surface area (Å²) in [6, 6.07) is 3.69. The van der Waals surface area contributed by atoms with Crippen LogP contribution in [0.25, 0.3) is 0 Å². The molecule has 0 bridgehead atoms. The maximum absolute atomic E-state index is 11.2. The van der Waals surface area contributed by atoms with Gasteiger partial charge in [0.15, 0.2) is 0 Å². The minimum atomic E-state index is -1.12. The van der Waals surface area contributed by atoms with E-state index in [-0.39, 0.29) is 16.9 Å². The van der Waals surface area contributed by atoms with Crippen LogP contribution in [0.15, 0.2) is 18.2 Å². The molecule has 2 rings (SSSR count). The smallest absolute Gasteiger partial charge is 0.337 e. The Hall–Kier alpha value is -2.15. The van der Waals surface area contributed by atoms with Crippen molar-refractivity contribution in [1.29, 1.82) is 0 Å². The highest BCUT2D eigenvalue weighted by molar-refractivity contribution is 5.95. The number of carbonyl (C=O) groups is 1. The molecule has 7 heteroatoms. The van der Waals surface area contributed by atoms with Gasteiger partial charge in [-0.15, -0.1) is 0 Å². The number of nitrogens with zero attached hydrogens (tertiary/aromatic N) is 1. The average Bonchev–Trinajstić information content (AvgIpc) is 2.38. The molecule has 108 valence electrons. The summed E-state index contributed by atoms with van der Waals surface area (Å²) in [6.45, 7) is 3.03. The largest absolute Gasteiger partial charge is 0.478 e. The first-order valence-electron chi connectivity index (χ1n) is 6.29. The second kappa shape index (κ2) is 5.46. The molecular weight excluding hydrogens is 264 g/mol. The second-order valence-electron chi connectivity index (χ2n) is 5.13. The van der Waals surface area contributed by atoms with Gasteiger partial charge in [-0.05, 0) is 25.8 Å². The number of hydrogen-bond acceptors (Lipinski definition) is 5. The lowest BCUT2D eigenvalue weighted by atomic mass is 9.94. The number of nitrogens with one attached hydrogen (secondary N) is 1. The van der Waals surface area contributed by atoms with E-state index in [2.05, 4.69) is 5.32 Å². The normalized spacial score (nSPS) is 22.2. The highest BCUT2D eigenvalue weighted by atomic mass is 16.6. The van der Waals surface area contributed by atoms with Gasteiger partial charge in [0.2, 0.25) is 0 Å². The molecule has 1 atom stereocenters. The molecule has 0 aromatic heterocycles. The van der Waals surface area contributed by atoms with Gasteiger partial charge < -0.3 is 15.2 Å². The van der Waals surface area contributed by atoms with Crippen molar-refractivity contribution in [2.45, 2.75) is 25.3 Å². The van der Waals surface area contributed by atoms with Gasteiger partial charge in [0.1, 0.15) is 0 Å². The molecule has 1 aromatic carbocycles. The molecule has 7 nitrogen and oxygen atoms in total. The van der Waals surface area contributed by atoms with Crippen molar-refractivity contribution < 1.29 is 19.6 Å². The summed E-state index contributed by atoms with van der Waals surface area (Å²) in [5, 5.41) is 23.1. The van der Waals surface area contributed by atoms with Crippen LogP contribution in [0.3, 0.4) is 0 Å². The molecule has 0 saturated carbocycles. The Labute approximate surface area is 115 Å². The van der Waals surface area contributed by atoms with Crippen molar-refractivity contribution in [1.82, 2.24) is 0 Å². The quantitative estimate of drug-likeness (QED) is 0.648. The van der Waals surface area contributed by atoms with Crippen molar-refractivity contribution in [3.63, 3.8) is 0 Å². The van der Waals surface area contributed by atoms with Crippen LogP contribution in [-0.4, -0.2) is 34.8 Å². The number of benzene rings is 1. The van der Waals surface area contributed by atoms with Crippen molar-refractivity contribution in [2.75, 3.05) is 18.5 Å². The molecule has 1 aliphatic rings. The minimum Gasteiger partial charge on any atom is -0.478 e. The van der Waals surface area contributed by atoms with Gasteiger partial charge in [-0.3, -0.25) is 10.1 Å². The van der Waals surface area contributed by atoms with E-state index in [9.17, 15) is 14.9 Å². The van der Waals surface area contributed by atoms with Crippen molar-refractivity contribution in [3.8, 4) is 0 Å². The number of ether oxygens (including phenoxy) is 1. The molecule has 0 aliphatic carbocycles. The molecular formula is C13H16N2O5. The van der Waals surface area contributed by atoms with Gasteiger partial charge >= 0.3 is 5.97 Å². The molecule has 2 N–H and O–H groups in total. The van der Waals surface area contributed by atoms with Crippen LogP contribution in [-0.2, 0) is 4.74 Å². The fourth-order valence-corrected chi connectivity index (χ4v) is 2.29. The summed E-state index contributed by atoms with van der Waals surface area (Å²) < 4.78 is 5.39. The predicted molar refractivity (Wildman–Crippen MR) is 72.1 cm³/mol. The number of rotatable bonds is 4. The van der Waals surface area contributed by atoms with E-state index in [0.717, 1.165) is 12.8 Å². The zero-order chi connectivity index (χ0) is 14.8. The number of anilines is 1. The van der Waals surface area contributed by atoms with Crippen LogP contribution >= 0.6 is 0 Å². The molecule has 1 heterocycles. The number of aromatic carboxylic acids is 1. The van der Waals surface area contributed by atoms with Crippen LogP contribution in [0.2, 0.25) is 0 Å². The highest BCUT2D eigenvalue weighted by Crippen LogP contribution is 2.29. The van der Waals surface area contributed by atoms with Gasteiger partial charge in [0.05, 0.1) is 28.3 Å². The third-order valence-electron chi connectivity index (χ3n) is 3.32. The molecule has 1 aromatic rings. The summed E-state index contributed by atoms with van der Waals surface area (Å²) >= 11 is 0. The first-order chi connectivity index (χ1) is 9.41. The van der Waals surface area contributed by atoms with E-state index in [1.807, 2.05) is 6.92 Å². The maximum Gasteiger partial charge on any atom is 0.337 e. The molecule has 0 amide bonds. The topological polar surface area (TPSA) is 102 Å². The predicted octanol–water partition coefficient (Wildman–Crippen LogP) is 2.27. The van der Waals surface area contributed by atoms with Crippen molar-refractivity contribution in [2.24, 2.45) is 0 Å². The molecule has 20 heavy (non-hydrogen) atoms. The number of carboxylic acid groups (broad SMARTS) is 1. The van der Waals surface area contributed by atoms with Crippen LogP contribution < -0.4 is 5.32 Å². The molecule has 1 aliphatic heterocycles. The Morgan fingerprint density at radius 2 is 2.30 bits per heavy atom. The van der Waals surface area contributed by atoms with E-state index in [0.29, 0.717) is 13.2 Å². The van der Waals surface area contributed by atoms with Crippen molar-refractivity contribution >= 4 is 17.3 Å². The van der Waals surface area contributed by atoms with E-state index in [1.165, 1.54) is 18.2 Å². The Balaban J connectivity index is 2.34. The first kappa shape index (κ1) is 14.3. The Kier molecular flexibility index (Phi) is 3.89.